The maximum absolute atomic E-state index is 12.4. The summed E-state index contributed by atoms with van der Waals surface area (Å²) in [6, 6.07) is 0. The Morgan fingerprint density at radius 3 is 2.76 bits per heavy atom. The SMILES string of the molecule is O=C(NCC1CCCCCCC1)c1n[nH]c2c1CNCC2. The molecule has 0 aromatic carbocycles. The minimum Gasteiger partial charge on any atom is -0.350 e. The van der Waals surface area contributed by atoms with Crippen LogP contribution in [-0.2, 0) is 13.0 Å². The molecule has 1 amide bonds. The molecule has 0 radical (unpaired) electrons. The molecule has 0 atom stereocenters. The van der Waals surface area contributed by atoms with Gasteiger partial charge in [0.15, 0.2) is 5.69 Å². The lowest BCUT2D eigenvalue weighted by atomic mass is 9.91. The Kier molecular flexibility index (Phi) is 4.91. The summed E-state index contributed by atoms with van der Waals surface area (Å²) in [7, 11) is 0. The molecule has 1 saturated carbocycles. The van der Waals surface area contributed by atoms with Gasteiger partial charge in [0.25, 0.3) is 5.91 Å². The number of aromatic amines is 1. The van der Waals surface area contributed by atoms with Crippen LogP contribution >= 0.6 is 0 Å². The summed E-state index contributed by atoms with van der Waals surface area (Å²) >= 11 is 0. The highest BCUT2D eigenvalue weighted by atomic mass is 16.1. The van der Waals surface area contributed by atoms with Crippen LogP contribution in [-0.4, -0.2) is 29.2 Å². The third kappa shape index (κ3) is 3.64. The van der Waals surface area contributed by atoms with Crippen molar-refractivity contribution in [1.29, 1.82) is 0 Å². The summed E-state index contributed by atoms with van der Waals surface area (Å²) in [5.41, 5.74) is 2.75. The highest BCUT2D eigenvalue weighted by molar-refractivity contribution is 5.94. The minimum absolute atomic E-state index is 0.0155. The van der Waals surface area contributed by atoms with Crippen LogP contribution < -0.4 is 10.6 Å². The van der Waals surface area contributed by atoms with Crippen molar-refractivity contribution in [2.75, 3.05) is 13.1 Å². The van der Waals surface area contributed by atoms with Crippen LogP contribution in [0.25, 0.3) is 0 Å². The smallest absolute Gasteiger partial charge is 0.272 e. The van der Waals surface area contributed by atoms with Crippen molar-refractivity contribution < 1.29 is 4.79 Å². The Hall–Kier alpha value is -1.36. The Bertz CT molecular complexity index is 475. The lowest BCUT2D eigenvalue weighted by Gasteiger charge is -2.20. The second-order valence-electron chi connectivity index (χ2n) is 6.38. The molecule has 2 heterocycles. The van der Waals surface area contributed by atoms with Crippen molar-refractivity contribution in [2.24, 2.45) is 5.92 Å². The zero-order chi connectivity index (χ0) is 14.5. The van der Waals surface area contributed by atoms with E-state index in [1.165, 1.54) is 44.9 Å². The molecule has 1 aromatic rings. The molecular formula is C16H26N4O. The number of hydrogen-bond acceptors (Lipinski definition) is 3. The molecule has 0 spiro atoms. The summed E-state index contributed by atoms with van der Waals surface area (Å²) < 4.78 is 0. The van der Waals surface area contributed by atoms with Crippen LogP contribution in [0.1, 0.15) is 66.7 Å². The number of nitrogens with zero attached hydrogens (tertiary/aromatic N) is 1. The standard InChI is InChI=1S/C16H26N4O/c21-16(15-13-11-17-9-8-14(13)19-20-15)18-10-12-6-4-2-1-3-5-7-12/h12,17H,1-11H2,(H,18,21)(H,19,20). The highest BCUT2D eigenvalue weighted by Gasteiger charge is 2.22. The van der Waals surface area contributed by atoms with E-state index in [2.05, 4.69) is 20.8 Å². The predicted octanol–water partition coefficient (Wildman–Crippen LogP) is 2.15. The first-order chi connectivity index (χ1) is 10.3. The average molecular weight is 290 g/mol. The van der Waals surface area contributed by atoms with E-state index in [9.17, 15) is 4.79 Å². The van der Waals surface area contributed by atoms with E-state index in [0.29, 0.717) is 11.6 Å². The van der Waals surface area contributed by atoms with Gasteiger partial charge < -0.3 is 10.6 Å². The third-order valence-corrected chi connectivity index (χ3v) is 4.80. The number of fused-ring (bicyclic) bond motifs is 1. The van der Waals surface area contributed by atoms with Crippen LogP contribution in [0.15, 0.2) is 0 Å². The molecule has 1 fully saturated rings. The molecule has 1 aliphatic carbocycles. The number of amides is 1. The van der Waals surface area contributed by atoms with Crippen LogP contribution in [0.3, 0.4) is 0 Å². The normalized spacial score (nSPS) is 20.4. The van der Waals surface area contributed by atoms with Gasteiger partial charge in [-0.25, -0.2) is 0 Å². The number of H-pyrrole nitrogens is 1. The van der Waals surface area contributed by atoms with E-state index >= 15 is 0 Å². The quantitative estimate of drug-likeness (QED) is 0.799. The van der Waals surface area contributed by atoms with E-state index in [1.54, 1.807) is 0 Å². The van der Waals surface area contributed by atoms with Gasteiger partial charge in [-0.2, -0.15) is 5.10 Å². The lowest BCUT2D eigenvalue weighted by Crippen LogP contribution is -2.32. The Morgan fingerprint density at radius 1 is 1.19 bits per heavy atom. The summed E-state index contributed by atoms with van der Waals surface area (Å²) in [5.74, 6) is 0.625. The molecule has 5 nitrogen and oxygen atoms in total. The number of carbonyl (C=O) groups is 1. The van der Waals surface area contributed by atoms with Gasteiger partial charge in [0, 0.05) is 37.3 Å². The van der Waals surface area contributed by atoms with Crippen molar-refractivity contribution in [3.8, 4) is 0 Å². The molecule has 1 aromatic heterocycles. The summed E-state index contributed by atoms with van der Waals surface area (Å²) in [6.45, 7) is 2.50. The first-order valence-electron chi connectivity index (χ1n) is 8.39. The first kappa shape index (κ1) is 14.6. The Morgan fingerprint density at radius 2 is 1.95 bits per heavy atom. The van der Waals surface area contributed by atoms with E-state index in [-0.39, 0.29) is 5.91 Å². The Balaban J connectivity index is 1.55. The van der Waals surface area contributed by atoms with Gasteiger partial charge >= 0.3 is 0 Å². The predicted molar refractivity (Wildman–Crippen MR) is 82.1 cm³/mol. The van der Waals surface area contributed by atoms with Crippen LogP contribution in [0.2, 0.25) is 0 Å². The number of nitrogens with one attached hydrogen (secondary N) is 3. The Labute approximate surface area is 126 Å². The van der Waals surface area contributed by atoms with E-state index in [0.717, 1.165) is 37.3 Å². The van der Waals surface area contributed by atoms with E-state index in [4.69, 9.17) is 0 Å². The number of carbonyl (C=O) groups excluding carboxylic acids is 1. The zero-order valence-electron chi connectivity index (χ0n) is 12.7. The summed E-state index contributed by atoms with van der Waals surface area (Å²) in [5, 5.41) is 13.6. The maximum atomic E-state index is 12.4. The molecule has 1 aliphatic heterocycles. The second kappa shape index (κ2) is 7.07. The van der Waals surface area contributed by atoms with Gasteiger partial charge in [-0.05, 0) is 18.8 Å². The molecule has 3 N–H and O–H groups in total. The van der Waals surface area contributed by atoms with Gasteiger partial charge in [0.2, 0.25) is 0 Å². The van der Waals surface area contributed by atoms with Gasteiger partial charge in [0.05, 0.1) is 0 Å². The fraction of sp³-hybridized carbons (Fsp3) is 0.750. The van der Waals surface area contributed by atoms with Gasteiger partial charge in [0.1, 0.15) is 0 Å². The molecule has 3 rings (SSSR count). The molecule has 0 saturated heterocycles. The van der Waals surface area contributed by atoms with Crippen LogP contribution in [0.5, 0.6) is 0 Å². The molecule has 0 bridgehead atoms. The fourth-order valence-corrected chi connectivity index (χ4v) is 3.48. The van der Waals surface area contributed by atoms with Crippen molar-refractivity contribution >= 4 is 5.91 Å². The zero-order valence-corrected chi connectivity index (χ0v) is 12.7. The molecule has 5 heteroatoms. The summed E-state index contributed by atoms with van der Waals surface area (Å²) in [4.78, 5) is 12.4. The molecular weight excluding hydrogens is 264 g/mol. The fourth-order valence-electron chi connectivity index (χ4n) is 3.48. The van der Waals surface area contributed by atoms with Crippen molar-refractivity contribution in [2.45, 2.75) is 57.9 Å². The highest BCUT2D eigenvalue weighted by Crippen LogP contribution is 2.22. The second-order valence-corrected chi connectivity index (χ2v) is 6.38. The largest absolute Gasteiger partial charge is 0.350 e. The molecule has 21 heavy (non-hydrogen) atoms. The number of aromatic nitrogens is 2. The summed E-state index contributed by atoms with van der Waals surface area (Å²) in [6.07, 6.45) is 10.1. The van der Waals surface area contributed by atoms with Crippen molar-refractivity contribution in [1.82, 2.24) is 20.8 Å². The first-order valence-corrected chi connectivity index (χ1v) is 8.39. The number of rotatable bonds is 3. The van der Waals surface area contributed by atoms with Crippen LogP contribution in [0.4, 0.5) is 0 Å². The molecule has 2 aliphatic rings. The topological polar surface area (TPSA) is 69.8 Å². The third-order valence-electron chi connectivity index (χ3n) is 4.80. The van der Waals surface area contributed by atoms with Crippen molar-refractivity contribution in [3.63, 3.8) is 0 Å². The maximum Gasteiger partial charge on any atom is 0.272 e. The average Bonchev–Trinajstić information content (AvgIpc) is 2.90. The molecule has 0 unspecified atom stereocenters. The van der Waals surface area contributed by atoms with E-state index < -0.39 is 0 Å². The van der Waals surface area contributed by atoms with Gasteiger partial charge in [-0.15, -0.1) is 0 Å². The molecule has 116 valence electrons. The monoisotopic (exact) mass is 290 g/mol. The van der Waals surface area contributed by atoms with Gasteiger partial charge in [-0.1, -0.05) is 32.1 Å². The number of hydrogen-bond donors (Lipinski definition) is 3. The minimum atomic E-state index is -0.0155. The van der Waals surface area contributed by atoms with Crippen molar-refractivity contribution in [3.05, 3.63) is 17.0 Å². The van der Waals surface area contributed by atoms with E-state index in [1.807, 2.05) is 0 Å². The van der Waals surface area contributed by atoms with Crippen LogP contribution in [0, 0.1) is 5.92 Å². The lowest BCUT2D eigenvalue weighted by molar-refractivity contribution is 0.0938. The van der Waals surface area contributed by atoms with Gasteiger partial charge in [-0.3, -0.25) is 9.89 Å².